The van der Waals surface area contributed by atoms with Crippen LogP contribution in [-0.2, 0) is 10.4 Å². The average molecular weight is 461 g/mol. The molecule has 5 rings (SSSR count). The Morgan fingerprint density at radius 1 is 1.09 bits per heavy atom. The second-order valence-corrected chi connectivity index (χ2v) is 7.97. The second-order valence-electron chi connectivity index (χ2n) is 7.97. The Morgan fingerprint density at radius 2 is 1.82 bits per heavy atom. The van der Waals surface area contributed by atoms with E-state index in [2.05, 4.69) is 30.4 Å². The van der Waals surface area contributed by atoms with Crippen LogP contribution in [0.5, 0.6) is 0 Å². The molecule has 0 saturated carbocycles. The molecule has 0 bridgehead atoms. The summed E-state index contributed by atoms with van der Waals surface area (Å²) in [6.07, 6.45) is 3.26. The molecule has 34 heavy (non-hydrogen) atoms. The molecule has 11 heteroatoms. The average Bonchev–Trinajstić information content (AvgIpc) is 3.45. The molecule has 0 aliphatic carbocycles. The van der Waals surface area contributed by atoms with Crippen molar-refractivity contribution in [3.05, 3.63) is 66.1 Å². The summed E-state index contributed by atoms with van der Waals surface area (Å²) >= 11 is 0. The van der Waals surface area contributed by atoms with Crippen molar-refractivity contribution >= 4 is 17.5 Å². The molecule has 4 aromatic rings. The van der Waals surface area contributed by atoms with Gasteiger partial charge in [0.1, 0.15) is 5.69 Å². The molecule has 0 unspecified atom stereocenters. The van der Waals surface area contributed by atoms with E-state index in [4.69, 9.17) is 4.52 Å². The fraction of sp³-hybridized carbons (Fsp3) is 0.217. The molecule has 10 nitrogen and oxygen atoms in total. The number of aryl methyl sites for hydroxylation is 1. The van der Waals surface area contributed by atoms with Crippen LogP contribution >= 0.6 is 0 Å². The van der Waals surface area contributed by atoms with Gasteiger partial charge < -0.3 is 19.8 Å². The Bertz CT molecular complexity index is 1390. The highest BCUT2D eigenvalue weighted by molar-refractivity contribution is 5.87. The van der Waals surface area contributed by atoms with Gasteiger partial charge in [0, 0.05) is 38.5 Å². The van der Waals surface area contributed by atoms with Crippen LogP contribution in [-0.4, -0.2) is 54.6 Å². The van der Waals surface area contributed by atoms with E-state index in [1.165, 1.54) is 29.4 Å². The molecule has 0 radical (unpaired) electrons. The largest absolute Gasteiger partial charge is 0.373 e. The normalized spacial score (nSPS) is 17.9. The molecule has 1 saturated heterocycles. The van der Waals surface area contributed by atoms with E-state index < -0.39 is 17.3 Å². The molecule has 1 aliphatic heterocycles. The minimum absolute atomic E-state index is 0.0762. The Labute approximate surface area is 193 Å². The van der Waals surface area contributed by atoms with Gasteiger partial charge in [-0.3, -0.25) is 9.78 Å². The Balaban J connectivity index is 1.42. The number of pyridine rings is 2. The van der Waals surface area contributed by atoms with E-state index in [-0.39, 0.29) is 29.5 Å². The van der Waals surface area contributed by atoms with Crippen LogP contribution in [0, 0.1) is 12.7 Å². The smallest absolute Gasteiger partial charge is 0.262 e. The van der Waals surface area contributed by atoms with Gasteiger partial charge in [-0.05, 0) is 31.2 Å². The molecule has 2 N–H and O–H groups in total. The molecule has 0 spiro atoms. The van der Waals surface area contributed by atoms with Crippen LogP contribution < -0.4 is 5.32 Å². The van der Waals surface area contributed by atoms with E-state index in [0.717, 1.165) is 0 Å². The number of rotatable bonds is 5. The Kier molecular flexibility index (Phi) is 5.25. The van der Waals surface area contributed by atoms with Crippen LogP contribution in [0.2, 0.25) is 0 Å². The Morgan fingerprint density at radius 3 is 2.59 bits per heavy atom. The van der Waals surface area contributed by atoms with E-state index in [0.29, 0.717) is 29.3 Å². The number of anilines is 2. The van der Waals surface area contributed by atoms with Crippen LogP contribution in [0.1, 0.15) is 17.9 Å². The summed E-state index contributed by atoms with van der Waals surface area (Å²) in [5.74, 6) is -0.637. The number of carbonyl (C=O) groups is 1. The molecule has 5 heterocycles. The molecule has 172 valence electrons. The number of aliphatic hydroxyl groups is 1. The maximum atomic E-state index is 14.3. The minimum Gasteiger partial charge on any atom is -0.373 e. The highest BCUT2D eigenvalue weighted by Crippen LogP contribution is 2.34. The van der Waals surface area contributed by atoms with Crippen LogP contribution in [0.3, 0.4) is 0 Å². The Hall–Kier alpha value is -4.25. The third-order valence-corrected chi connectivity index (χ3v) is 5.67. The molecular formula is C23H20FN7O3. The van der Waals surface area contributed by atoms with Crippen molar-refractivity contribution in [2.24, 2.45) is 0 Å². The van der Waals surface area contributed by atoms with Gasteiger partial charge in [-0.1, -0.05) is 11.2 Å². The van der Waals surface area contributed by atoms with Crippen molar-refractivity contribution in [3.63, 3.8) is 0 Å². The van der Waals surface area contributed by atoms with E-state index in [1.807, 2.05) is 0 Å². The summed E-state index contributed by atoms with van der Waals surface area (Å²) in [6, 6.07) is 9.96. The molecule has 0 aromatic carbocycles. The highest BCUT2D eigenvalue weighted by Gasteiger charge is 2.48. The van der Waals surface area contributed by atoms with Gasteiger partial charge in [0.2, 0.25) is 11.5 Å². The number of hydrogen-bond acceptors (Lipinski definition) is 9. The number of nitrogens with one attached hydrogen (secondary N) is 1. The number of halogens is 1. The zero-order valence-electron chi connectivity index (χ0n) is 18.4. The zero-order chi connectivity index (χ0) is 23.9. The first kappa shape index (κ1) is 21.6. The molecule has 1 aliphatic rings. The lowest BCUT2D eigenvalue weighted by Crippen LogP contribution is -2.35. The first-order valence-corrected chi connectivity index (χ1v) is 10.5. The number of nitrogens with zero attached hydrogens (tertiary/aromatic N) is 6. The van der Waals surface area contributed by atoms with Crippen molar-refractivity contribution in [1.29, 1.82) is 0 Å². The van der Waals surface area contributed by atoms with Crippen molar-refractivity contribution < 1.29 is 18.8 Å². The van der Waals surface area contributed by atoms with Gasteiger partial charge in [-0.15, -0.1) is 0 Å². The van der Waals surface area contributed by atoms with Crippen molar-refractivity contribution in [1.82, 2.24) is 30.0 Å². The second kappa shape index (κ2) is 8.27. The van der Waals surface area contributed by atoms with Gasteiger partial charge in [0.25, 0.3) is 5.91 Å². The lowest BCUT2D eigenvalue weighted by molar-refractivity contribution is -0.144. The van der Waals surface area contributed by atoms with Crippen LogP contribution in [0.15, 0.2) is 53.3 Å². The summed E-state index contributed by atoms with van der Waals surface area (Å²) in [5.41, 5.74) is 0.610. The minimum atomic E-state index is -1.73. The van der Waals surface area contributed by atoms with Crippen LogP contribution in [0.25, 0.3) is 22.8 Å². The first-order valence-electron chi connectivity index (χ1n) is 10.5. The van der Waals surface area contributed by atoms with Gasteiger partial charge in [0.15, 0.2) is 11.6 Å². The summed E-state index contributed by atoms with van der Waals surface area (Å²) in [4.78, 5) is 30.9. The van der Waals surface area contributed by atoms with Crippen molar-refractivity contribution in [2.75, 3.05) is 18.9 Å². The number of amides is 1. The standard InChI is InChI=1S/C23H20FN7O3/c1-13-20(24)17(7-9-25-13)29-22-26-10-6-16(28-22)14-4-3-5-15(27-14)18-12-19(34-30-18)23(33)8-11-31(2)21(23)32/h3-7,9-10,12,33H,8,11H2,1-2H3,(H,25,26,28,29)/t23-/m1/s1. The molecular weight excluding hydrogens is 441 g/mol. The van der Waals surface area contributed by atoms with Gasteiger partial charge in [0.05, 0.1) is 28.5 Å². The molecule has 1 atom stereocenters. The first-order chi connectivity index (χ1) is 16.3. The maximum absolute atomic E-state index is 14.3. The fourth-order valence-corrected chi connectivity index (χ4v) is 3.72. The van der Waals surface area contributed by atoms with Crippen molar-refractivity contribution in [3.8, 4) is 22.8 Å². The number of likely N-dealkylation sites (N-methyl/N-ethyl adjacent to an activating group) is 1. The zero-order valence-corrected chi connectivity index (χ0v) is 18.4. The van der Waals surface area contributed by atoms with Gasteiger partial charge in [-0.25, -0.2) is 19.3 Å². The summed E-state index contributed by atoms with van der Waals surface area (Å²) < 4.78 is 19.6. The molecule has 1 fully saturated rings. The van der Waals surface area contributed by atoms with Crippen LogP contribution in [0.4, 0.5) is 16.0 Å². The number of hydrogen-bond donors (Lipinski definition) is 2. The topological polar surface area (TPSA) is 130 Å². The third kappa shape index (κ3) is 3.75. The van der Waals surface area contributed by atoms with Gasteiger partial charge >= 0.3 is 0 Å². The quantitative estimate of drug-likeness (QED) is 0.461. The fourth-order valence-electron chi connectivity index (χ4n) is 3.72. The van der Waals surface area contributed by atoms with Crippen molar-refractivity contribution in [2.45, 2.75) is 18.9 Å². The SMILES string of the molecule is Cc1nccc(Nc2nccc(-c3cccc(-c4cc([C@]5(O)CCN(C)C5=O)on4)n3)n2)c1F. The predicted octanol–water partition coefficient (Wildman–Crippen LogP) is 2.83. The summed E-state index contributed by atoms with van der Waals surface area (Å²) in [6.45, 7) is 1.99. The lowest BCUT2D eigenvalue weighted by atomic mass is 9.98. The predicted molar refractivity (Wildman–Crippen MR) is 119 cm³/mol. The lowest BCUT2D eigenvalue weighted by Gasteiger charge is -2.16. The van der Waals surface area contributed by atoms with E-state index >= 15 is 0 Å². The van der Waals surface area contributed by atoms with E-state index in [9.17, 15) is 14.3 Å². The molecule has 1 amide bonds. The maximum Gasteiger partial charge on any atom is 0.262 e. The van der Waals surface area contributed by atoms with Gasteiger partial charge in [-0.2, -0.15) is 0 Å². The third-order valence-electron chi connectivity index (χ3n) is 5.67. The summed E-state index contributed by atoms with van der Waals surface area (Å²) in [5, 5.41) is 17.6. The number of aromatic nitrogens is 5. The number of likely N-dealkylation sites (tertiary alicyclic amines) is 1. The number of carbonyl (C=O) groups excluding carboxylic acids is 1. The summed E-state index contributed by atoms with van der Waals surface area (Å²) in [7, 11) is 1.62. The monoisotopic (exact) mass is 461 g/mol. The van der Waals surface area contributed by atoms with E-state index in [1.54, 1.807) is 38.2 Å². The molecule has 4 aromatic heterocycles. The highest BCUT2D eigenvalue weighted by atomic mass is 19.1.